The number of anilines is 2. The Hall–Kier alpha value is -1.59. The average molecular weight is 282 g/mol. The van der Waals surface area contributed by atoms with Crippen molar-refractivity contribution in [3.05, 3.63) is 39.8 Å². The number of para-hydroxylation sites is 1. The number of thiazole rings is 1. The number of carbonyl (C=O) groups excluding carboxylic acids is 1. The second kappa shape index (κ2) is 5.37. The number of nitrogens with zero attached hydrogens (tertiary/aromatic N) is 2. The first-order valence-corrected chi connectivity index (χ1v) is 6.57. The predicted octanol–water partition coefficient (Wildman–Crippen LogP) is 3.11. The number of halogens is 1. The molecule has 1 aromatic heterocycles. The molecule has 18 heavy (non-hydrogen) atoms. The first-order valence-electron chi connectivity index (χ1n) is 5.25. The summed E-state index contributed by atoms with van der Waals surface area (Å²) in [6, 6.07) is 5.40. The lowest BCUT2D eigenvalue weighted by Gasteiger charge is -2.19. The van der Waals surface area contributed by atoms with E-state index >= 15 is 0 Å². The summed E-state index contributed by atoms with van der Waals surface area (Å²) in [6.07, 6.45) is 0. The SMILES string of the molecule is CN(C)c1c(Cl)cccc1NC(=O)c1cscn1. The van der Waals surface area contributed by atoms with Crippen LogP contribution in [-0.2, 0) is 0 Å². The topological polar surface area (TPSA) is 45.2 Å². The molecule has 0 fully saturated rings. The molecule has 0 spiro atoms. The van der Waals surface area contributed by atoms with Gasteiger partial charge in [0.15, 0.2) is 0 Å². The molecule has 0 saturated carbocycles. The Labute approximate surface area is 114 Å². The van der Waals surface area contributed by atoms with Crippen LogP contribution in [0.1, 0.15) is 10.5 Å². The van der Waals surface area contributed by atoms with Gasteiger partial charge in [-0.2, -0.15) is 0 Å². The van der Waals surface area contributed by atoms with Gasteiger partial charge >= 0.3 is 0 Å². The summed E-state index contributed by atoms with van der Waals surface area (Å²) in [4.78, 5) is 17.8. The fourth-order valence-corrected chi connectivity index (χ4v) is 2.46. The number of benzene rings is 1. The molecule has 2 rings (SSSR count). The van der Waals surface area contributed by atoms with Gasteiger partial charge < -0.3 is 10.2 Å². The van der Waals surface area contributed by atoms with Gasteiger partial charge in [-0.05, 0) is 12.1 Å². The van der Waals surface area contributed by atoms with E-state index in [0.717, 1.165) is 5.69 Å². The first-order chi connectivity index (χ1) is 8.59. The predicted molar refractivity (Wildman–Crippen MR) is 75.8 cm³/mol. The van der Waals surface area contributed by atoms with E-state index in [1.807, 2.05) is 25.1 Å². The van der Waals surface area contributed by atoms with Crippen LogP contribution in [0.5, 0.6) is 0 Å². The second-order valence-electron chi connectivity index (χ2n) is 3.86. The lowest BCUT2D eigenvalue weighted by molar-refractivity contribution is 0.102. The molecule has 0 aliphatic rings. The van der Waals surface area contributed by atoms with Crippen molar-refractivity contribution in [2.75, 3.05) is 24.3 Å². The molecule has 0 aliphatic heterocycles. The van der Waals surface area contributed by atoms with Crippen LogP contribution >= 0.6 is 22.9 Å². The average Bonchev–Trinajstić information content (AvgIpc) is 2.81. The lowest BCUT2D eigenvalue weighted by atomic mass is 10.2. The normalized spacial score (nSPS) is 10.2. The van der Waals surface area contributed by atoms with Crippen LogP contribution in [-0.4, -0.2) is 25.0 Å². The molecule has 2 aromatic rings. The Morgan fingerprint density at radius 1 is 1.44 bits per heavy atom. The molecule has 0 radical (unpaired) electrons. The van der Waals surface area contributed by atoms with Crippen molar-refractivity contribution in [1.82, 2.24) is 4.98 Å². The van der Waals surface area contributed by atoms with Crippen molar-refractivity contribution in [2.45, 2.75) is 0 Å². The third-order valence-electron chi connectivity index (χ3n) is 2.35. The number of aromatic nitrogens is 1. The van der Waals surface area contributed by atoms with E-state index in [2.05, 4.69) is 10.3 Å². The Morgan fingerprint density at radius 3 is 2.83 bits per heavy atom. The zero-order chi connectivity index (χ0) is 13.1. The van der Waals surface area contributed by atoms with E-state index in [-0.39, 0.29) is 5.91 Å². The third-order valence-corrected chi connectivity index (χ3v) is 3.24. The Bertz CT molecular complexity index is 554. The van der Waals surface area contributed by atoms with Crippen LogP contribution in [0.15, 0.2) is 29.1 Å². The molecule has 0 unspecified atom stereocenters. The van der Waals surface area contributed by atoms with Gasteiger partial charge in [0.2, 0.25) is 0 Å². The number of rotatable bonds is 3. The van der Waals surface area contributed by atoms with Crippen LogP contribution < -0.4 is 10.2 Å². The highest BCUT2D eigenvalue weighted by molar-refractivity contribution is 7.07. The van der Waals surface area contributed by atoms with Crippen molar-refractivity contribution in [2.24, 2.45) is 0 Å². The minimum Gasteiger partial charge on any atom is -0.375 e. The maximum Gasteiger partial charge on any atom is 0.275 e. The number of nitrogens with one attached hydrogen (secondary N) is 1. The summed E-state index contributed by atoms with van der Waals surface area (Å²) in [5, 5.41) is 5.11. The molecule has 0 atom stereocenters. The minimum atomic E-state index is -0.235. The van der Waals surface area contributed by atoms with Gasteiger partial charge in [-0.15, -0.1) is 11.3 Å². The molecule has 1 aromatic carbocycles. The molecular weight excluding hydrogens is 270 g/mol. The van der Waals surface area contributed by atoms with E-state index in [1.165, 1.54) is 11.3 Å². The van der Waals surface area contributed by atoms with Gasteiger partial charge in [-0.25, -0.2) is 4.98 Å². The van der Waals surface area contributed by atoms with E-state index < -0.39 is 0 Å². The second-order valence-corrected chi connectivity index (χ2v) is 4.98. The molecule has 1 amide bonds. The highest BCUT2D eigenvalue weighted by Crippen LogP contribution is 2.32. The third kappa shape index (κ3) is 2.63. The van der Waals surface area contributed by atoms with Crippen molar-refractivity contribution < 1.29 is 4.79 Å². The van der Waals surface area contributed by atoms with Crippen LogP contribution in [0.25, 0.3) is 0 Å². The van der Waals surface area contributed by atoms with Crippen LogP contribution in [0.3, 0.4) is 0 Å². The monoisotopic (exact) mass is 281 g/mol. The van der Waals surface area contributed by atoms with E-state index in [0.29, 0.717) is 16.4 Å². The molecule has 6 heteroatoms. The highest BCUT2D eigenvalue weighted by atomic mass is 35.5. The molecule has 94 valence electrons. The standard InChI is InChI=1S/C12H12ClN3OS/c1-16(2)11-8(13)4-3-5-9(11)15-12(17)10-6-18-7-14-10/h3-7H,1-2H3,(H,15,17). The Balaban J connectivity index is 2.29. The molecular formula is C12H12ClN3OS. The highest BCUT2D eigenvalue weighted by Gasteiger charge is 2.13. The smallest absolute Gasteiger partial charge is 0.275 e. The molecule has 0 saturated heterocycles. The van der Waals surface area contributed by atoms with Gasteiger partial charge in [0.1, 0.15) is 5.69 Å². The lowest BCUT2D eigenvalue weighted by Crippen LogP contribution is -2.17. The summed E-state index contributed by atoms with van der Waals surface area (Å²) in [7, 11) is 3.75. The molecule has 0 aliphatic carbocycles. The van der Waals surface area contributed by atoms with Gasteiger partial charge in [-0.3, -0.25) is 4.79 Å². The van der Waals surface area contributed by atoms with Crippen molar-refractivity contribution in [3.63, 3.8) is 0 Å². The van der Waals surface area contributed by atoms with Gasteiger partial charge in [-0.1, -0.05) is 17.7 Å². The number of amides is 1. The van der Waals surface area contributed by atoms with Gasteiger partial charge in [0, 0.05) is 19.5 Å². The molecule has 0 bridgehead atoms. The Morgan fingerprint density at radius 2 is 2.22 bits per heavy atom. The Kier molecular flexibility index (Phi) is 3.84. The largest absolute Gasteiger partial charge is 0.375 e. The maximum atomic E-state index is 11.9. The molecule has 1 heterocycles. The summed E-state index contributed by atoms with van der Waals surface area (Å²) in [5.41, 5.74) is 3.48. The summed E-state index contributed by atoms with van der Waals surface area (Å²) >= 11 is 7.51. The fraction of sp³-hybridized carbons (Fsp3) is 0.167. The van der Waals surface area contributed by atoms with Crippen LogP contribution in [0.2, 0.25) is 5.02 Å². The molecule has 4 nitrogen and oxygen atoms in total. The maximum absolute atomic E-state index is 11.9. The van der Waals surface area contributed by atoms with Crippen molar-refractivity contribution in [1.29, 1.82) is 0 Å². The van der Waals surface area contributed by atoms with E-state index in [4.69, 9.17) is 11.6 Å². The number of hydrogen-bond donors (Lipinski definition) is 1. The zero-order valence-corrected chi connectivity index (χ0v) is 11.5. The zero-order valence-electron chi connectivity index (χ0n) is 9.98. The van der Waals surface area contributed by atoms with Gasteiger partial charge in [0.05, 0.1) is 21.9 Å². The van der Waals surface area contributed by atoms with Crippen LogP contribution in [0, 0.1) is 0 Å². The minimum absolute atomic E-state index is 0.235. The summed E-state index contributed by atoms with van der Waals surface area (Å²) in [5.74, 6) is -0.235. The van der Waals surface area contributed by atoms with E-state index in [9.17, 15) is 4.79 Å². The number of carbonyl (C=O) groups is 1. The molecule has 1 N–H and O–H groups in total. The van der Waals surface area contributed by atoms with Crippen LogP contribution in [0.4, 0.5) is 11.4 Å². The fourth-order valence-electron chi connectivity index (χ4n) is 1.58. The summed E-state index contributed by atoms with van der Waals surface area (Å²) < 4.78 is 0. The van der Waals surface area contributed by atoms with E-state index in [1.54, 1.807) is 23.0 Å². The van der Waals surface area contributed by atoms with Gasteiger partial charge in [0.25, 0.3) is 5.91 Å². The quantitative estimate of drug-likeness (QED) is 0.940. The number of hydrogen-bond acceptors (Lipinski definition) is 4. The van der Waals surface area contributed by atoms with Crippen molar-refractivity contribution in [3.8, 4) is 0 Å². The summed E-state index contributed by atoms with van der Waals surface area (Å²) in [6.45, 7) is 0. The van der Waals surface area contributed by atoms with Crippen molar-refractivity contribution >= 4 is 40.2 Å². The first kappa shape index (κ1) is 12.9.